The van der Waals surface area contributed by atoms with Gasteiger partial charge in [0.15, 0.2) is 23.2 Å². The molecule has 2 aromatic rings. The van der Waals surface area contributed by atoms with Crippen LogP contribution in [0.25, 0.3) is 0 Å². The Bertz CT molecular complexity index is 1000. The van der Waals surface area contributed by atoms with Crippen molar-refractivity contribution in [1.29, 1.82) is 0 Å². The highest BCUT2D eigenvalue weighted by Crippen LogP contribution is 2.31. The monoisotopic (exact) mass is 441 g/mol. The molecule has 1 aromatic heterocycles. The Morgan fingerprint density at radius 3 is 2.72 bits per heavy atom. The van der Waals surface area contributed by atoms with Gasteiger partial charge in [0, 0.05) is 17.9 Å². The fourth-order valence-electron chi connectivity index (χ4n) is 2.31. The van der Waals surface area contributed by atoms with E-state index < -0.39 is 35.1 Å². The van der Waals surface area contributed by atoms with E-state index >= 15 is 0 Å². The lowest BCUT2D eigenvalue weighted by Crippen LogP contribution is -2.32. The zero-order valence-electron chi connectivity index (χ0n) is 15.5. The number of aryl methyl sites for hydroxylation is 1. The average Bonchev–Trinajstić information content (AvgIpc) is 2.95. The SMILES string of the molecule is Cc1csc(NC(=O)COC(=O)CNS(=O)(=O)c2ccc3c(c2)OCCCO3)n1. The van der Waals surface area contributed by atoms with E-state index in [-0.39, 0.29) is 4.90 Å². The van der Waals surface area contributed by atoms with Crippen LogP contribution in [-0.2, 0) is 24.3 Å². The van der Waals surface area contributed by atoms with Crippen LogP contribution in [0.15, 0.2) is 28.5 Å². The van der Waals surface area contributed by atoms with Crippen LogP contribution < -0.4 is 19.5 Å². The van der Waals surface area contributed by atoms with Crippen molar-refractivity contribution in [3.05, 3.63) is 29.3 Å². The van der Waals surface area contributed by atoms with Crippen LogP contribution in [-0.4, -0.2) is 51.6 Å². The Balaban J connectivity index is 1.50. The average molecular weight is 441 g/mol. The molecule has 2 heterocycles. The molecule has 0 bridgehead atoms. The first-order chi connectivity index (χ1) is 13.8. The van der Waals surface area contributed by atoms with E-state index in [9.17, 15) is 18.0 Å². The standard InChI is InChI=1S/C17H19N3O7S2/c1-11-10-28-17(19-11)20-15(21)9-27-16(22)8-18-29(23,24)12-3-4-13-14(7-12)26-6-2-5-25-13/h3-4,7,10,18H,2,5-6,8-9H2,1H3,(H,19,20,21). The number of carbonyl (C=O) groups is 2. The maximum Gasteiger partial charge on any atom is 0.321 e. The van der Waals surface area contributed by atoms with Crippen molar-refractivity contribution in [3.8, 4) is 11.5 Å². The number of benzene rings is 1. The molecule has 3 rings (SSSR count). The molecule has 10 nitrogen and oxygen atoms in total. The number of carbonyl (C=O) groups excluding carboxylic acids is 2. The van der Waals surface area contributed by atoms with Gasteiger partial charge in [-0.05, 0) is 19.1 Å². The zero-order valence-corrected chi connectivity index (χ0v) is 17.1. The molecular weight excluding hydrogens is 422 g/mol. The number of anilines is 1. The molecule has 1 aliphatic heterocycles. The van der Waals surface area contributed by atoms with Gasteiger partial charge in [-0.25, -0.2) is 13.4 Å². The highest BCUT2D eigenvalue weighted by Gasteiger charge is 2.20. The number of ether oxygens (including phenoxy) is 3. The van der Waals surface area contributed by atoms with Gasteiger partial charge in [-0.3, -0.25) is 14.9 Å². The third-order valence-electron chi connectivity index (χ3n) is 3.67. The summed E-state index contributed by atoms with van der Waals surface area (Å²) in [6.07, 6.45) is 0.691. The molecular formula is C17H19N3O7S2. The van der Waals surface area contributed by atoms with Gasteiger partial charge in [-0.2, -0.15) is 4.72 Å². The third kappa shape index (κ3) is 5.89. The van der Waals surface area contributed by atoms with Crippen molar-refractivity contribution in [2.75, 3.05) is 31.7 Å². The third-order valence-corrected chi connectivity index (χ3v) is 5.94. The summed E-state index contributed by atoms with van der Waals surface area (Å²) >= 11 is 1.24. The van der Waals surface area contributed by atoms with E-state index in [4.69, 9.17) is 14.2 Å². The van der Waals surface area contributed by atoms with Gasteiger partial charge in [0.25, 0.3) is 5.91 Å². The summed E-state index contributed by atoms with van der Waals surface area (Å²) < 4.78 is 42.6. The molecule has 0 radical (unpaired) electrons. The summed E-state index contributed by atoms with van der Waals surface area (Å²) in [5.41, 5.74) is 0.756. The predicted octanol–water partition coefficient (Wildman–Crippen LogP) is 1.07. The summed E-state index contributed by atoms with van der Waals surface area (Å²) in [6.45, 7) is 1.50. The number of esters is 1. The summed E-state index contributed by atoms with van der Waals surface area (Å²) in [6, 6.07) is 4.18. The molecule has 0 fully saturated rings. The Kier molecular flexibility index (Phi) is 6.67. The van der Waals surface area contributed by atoms with E-state index in [1.165, 1.54) is 29.5 Å². The van der Waals surface area contributed by atoms with Crippen LogP contribution in [0.1, 0.15) is 12.1 Å². The van der Waals surface area contributed by atoms with E-state index in [1.807, 2.05) is 0 Å². The van der Waals surface area contributed by atoms with Crippen molar-refractivity contribution in [1.82, 2.24) is 9.71 Å². The quantitative estimate of drug-likeness (QED) is 0.610. The molecule has 2 N–H and O–H groups in total. The van der Waals surface area contributed by atoms with Crippen LogP contribution in [0.5, 0.6) is 11.5 Å². The summed E-state index contributed by atoms with van der Waals surface area (Å²) in [7, 11) is -3.98. The molecule has 29 heavy (non-hydrogen) atoms. The second-order valence-electron chi connectivity index (χ2n) is 5.99. The fourth-order valence-corrected chi connectivity index (χ4v) is 4.00. The Labute approximate surface area is 171 Å². The molecule has 1 aromatic carbocycles. The number of nitrogens with one attached hydrogen (secondary N) is 2. The van der Waals surface area contributed by atoms with Crippen molar-refractivity contribution in [3.63, 3.8) is 0 Å². The largest absolute Gasteiger partial charge is 0.490 e. The predicted molar refractivity (Wildman–Crippen MR) is 104 cm³/mol. The minimum absolute atomic E-state index is 0.0774. The fraction of sp³-hybridized carbons (Fsp3) is 0.353. The molecule has 0 unspecified atom stereocenters. The van der Waals surface area contributed by atoms with Crippen molar-refractivity contribution in [2.45, 2.75) is 18.2 Å². The molecule has 156 valence electrons. The molecule has 1 aliphatic rings. The minimum atomic E-state index is -3.98. The number of hydrogen-bond donors (Lipinski definition) is 2. The minimum Gasteiger partial charge on any atom is -0.490 e. The number of thiazole rings is 1. The van der Waals surface area contributed by atoms with Crippen LogP contribution in [0.2, 0.25) is 0 Å². The lowest BCUT2D eigenvalue weighted by atomic mass is 10.3. The van der Waals surface area contributed by atoms with Gasteiger partial charge in [-0.1, -0.05) is 0 Å². The molecule has 1 amide bonds. The number of amides is 1. The molecule has 12 heteroatoms. The second-order valence-corrected chi connectivity index (χ2v) is 8.61. The first-order valence-corrected chi connectivity index (χ1v) is 11.0. The van der Waals surface area contributed by atoms with E-state index in [1.54, 1.807) is 12.3 Å². The number of hydrogen-bond acceptors (Lipinski definition) is 9. The van der Waals surface area contributed by atoms with Gasteiger partial charge in [-0.15, -0.1) is 11.3 Å². The van der Waals surface area contributed by atoms with Gasteiger partial charge < -0.3 is 14.2 Å². The zero-order chi connectivity index (χ0) is 20.9. The molecule has 0 atom stereocenters. The van der Waals surface area contributed by atoms with Gasteiger partial charge in [0.1, 0.15) is 6.54 Å². The summed E-state index contributed by atoms with van der Waals surface area (Å²) in [4.78, 5) is 27.5. The number of aromatic nitrogens is 1. The van der Waals surface area contributed by atoms with Crippen LogP contribution in [0.3, 0.4) is 0 Å². The first kappa shape index (κ1) is 21.0. The molecule has 0 saturated carbocycles. The lowest BCUT2D eigenvalue weighted by Gasteiger charge is -2.11. The number of rotatable bonds is 7. The van der Waals surface area contributed by atoms with Crippen molar-refractivity contribution in [2.24, 2.45) is 0 Å². The van der Waals surface area contributed by atoms with Gasteiger partial charge in [0.2, 0.25) is 10.0 Å². The van der Waals surface area contributed by atoms with Crippen molar-refractivity contribution >= 4 is 38.4 Å². The van der Waals surface area contributed by atoms with Crippen LogP contribution in [0.4, 0.5) is 5.13 Å². The Morgan fingerprint density at radius 1 is 1.24 bits per heavy atom. The Hall–Kier alpha value is -2.70. The Morgan fingerprint density at radius 2 is 2.00 bits per heavy atom. The maximum atomic E-state index is 12.4. The highest BCUT2D eigenvalue weighted by molar-refractivity contribution is 7.89. The maximum absolute atomic E-state index is 12.4. The smallest absolute Gasteiger partial charge is 0.321 e. The van der Waals surface area contributed by atoms with Crippen molar-refractivity contribution < 1.29 is 32.2 Å². The van der Waals surface area contributed by atoms with Gasteiger partial charge >= 0.3 is 5.97 Å². The number of nitrogens with zero attached hydrogens (tertiary/aromatic N) is 1. The molecule has 0 saturated heterocycles. The number of fused-ring (bicyclic) bond motifs is 1. The second kappa shape index (κ2) is 9.20. The topological polar surface area (TPSA) is 133 Å². The molecule has 0 aliphatic carbocycles. The normalized spacial score (nSPS) is 13.4. The summed E-state index contributed by atoms with van der Waals surface area (Å²) in [5, 5.41) is 4.62. The highest BCUT2D eigenvalue weighted by atomic mass is 32.2. The van der Waals surface area contributed by atoms with E-state index in [2.05, 4.69) is 15.0 Å². The first-order valence-electron chi connectivity index (χ1n) is 8.60. The van der Waals surface area contributed by atoms with E-state index in [0.717, 1.165) is 5.69 Å². The van der Waals surface area contributed by atoms with Crippen LogP contribution in [0, 0.1) is 6.92 Å². The van der Waals surface area contributed by atoms with Crippen LogP contribution >= 0.6 is 11.3 Å². The lowest BCUT2D eigenvalue weighted by molar-refractivity contribution is -0.146. The number of sulfonamides is 1. The molecule has 0 spiro atoms. The van der Waals surface area contributed by atoms with E-state index in [0.29, 0.717) is 36.3 Å². The van der Waals surface area contributed by atoms with Gasteiger partial charge in [0.05, 0.1) is 23.8 Å². The summed E-state index contributed by atoms with van der Waals surface area (Å²) in [5.74, 6) is -0.684.